The topological polar surface area (TPSA) is 0 Å². The van der Waals surface area contributed by atoms with Crippen LogP contribution in [0.25, 0.3) is 0 Å². The van der Waals surface area contributed by atoms with Crippen molar-refractivity contribution in [2.75, 3.05) is 6.26 Å². The van der Waals surface area contributed by atoms with Crippen molar-refractivity contribution in [3.63, 3.8) is 0 Å². The number of allylic oxidation sites excluding steroid dienone is 3. The molecule has 0 aromatic heterocycles. The monoisotopic (exact) mass is 196 g/mol. The highest BCUT2D eigenvalue weighted by Gasteiger charge is 2.02. The molecule has 0 bridgehead atoms. The van der Waals surface area contributed by atoms with Crippen LogP contribution in [-0.4, -0.2) is 11.5 Å². The average molecular weight is 196 g/mol. The van der Waals surface area contributed by atoms with Crippen molar-refractivity contribution >= 4 is 11.8 Å². The zero-order valence-electron chi connectivity index (χ0n) is 8.75. The molecule has 0 saturated heterocycles. The summed E-state index contributed by atoms with van der Waals surface area (Å²) in [5.74, 6) is 0. The Hall–Kier alpha value is -0.170. The second kappa shape index (κ2) is 8.43. The van der Waals surface area contributed by atoms with Crippen LogP contribution in [0.15, 0.2) is 23.8 Å². The summed E-state index contributed by atoms with van der Waals surface area (Å²) in [5, 5.41) is 0.601. The molecule has 2 radical (unpaired) electrons. The maximum atomic E-state index is 3.81. The lowest BCUT2D eigenvalue weighted by atomic mass is 10.1. The van der Waals surface area contributed by atoms with Gasteiger partial charge in [-0.3, -0.25) is 0 Å². The smallest absolute Gasteiger partial charge is 0.0261 e. The molecule has 0 aromatic rings. The van der Waals surface area contributed by atoms with Crippen molar-refractivity contribution in [1.82, 2.24) is 0 Å². The van der Waals surface area contributed by atoms with Gasteiger partial charge in [0, 0.05) is 5.25 Å². The van der Waals surface area contributed by atoms with Crippen LogP contribution in [-0.2, 0) is 0 Å². The third-order valence-electron chi connectivity index (χ3n) is 1.84. The lowest BCUT2D eigenvalue weighted by molar-refractivity contribution is 0.982. The van der Waals surface area contributed by atoms with Gasteiger partial charge in [-0.15, -0.1) is 0 Å². The van der Waals surface area contributed by atoms with Crippen LogP contribution >= 0.6 is 11.8 Å². The molecule has 0 nitrogen and oxygen atoms in total. The van der Waals surface area contributed by atoms with E-state index in [-0.39, 0.29) is 0 Å². The normalized spacial score (nSPS) is 15.2. The molecule has 1 atom stereocenters. The molecule has 74 valence electrons. The van der Waals surface area contributed by atoms with Gasteiger partial charge in [0.2, 0.25) is 0 Å². The number of rotatable bonds is 6. The highest BCUT2D eigenvalue weighted by atomic mass is 32.2. The first-order chi connectivity index (χ1) is 6.24. The van der Waals surface area contributed by atoms with Crippen molar-refractivity contribution in [3.05, 3.63) is 37.6 Å². The van der Waals surface area contributed by atoms with Gasteiger partial charge in [0.1, 0.15) is 0 Å². The first-order valence-electron chi connectivity index (χ1n) is 4.68. The van der Waals surface area contributed by atoms with Gasteiger partial charge in [-0.2, -0.15) is 11.8 Å². The molecule has 0 aliphatic heterocycles. The fraction of sp³-hybridized carbons (Fsp3) is 0.500. The van der Waals surface area contributed by atoms with Crippen LogP contribution in [0.3, 0.4) is 0 Å². The summed E-state index contributed by atoms with van der Waals surface area (Å²) >= 11 is 1.89. The van der Waals surface area contributed by atoms with E-state index in [1.54, 1.807) is 0 Å². The molecule has 1 unspecified atom stereocenters. The van der Waals surface area contributed by atoms with E-state index in [9.17, 15) is 0 Å². The van der Waals surface area contributed by atoms with E-state index in [2.05, 4.69) is 45.3 Å². The Morgan fingerprint density at radius 2 is 2.08 bits per heavy atom. The van der Waals surface area contributed by atoms with Gasteiger partial charge in [0.15, 0.2) is 0 Å². The summed E-state index contributed by atoms with van der Waals surface area (Å²) in [6.45, 7) is 9.77. The molecule has 0 aromatic carbocycles. The van der Waals surface area contributed by atoms with Crippen molar-refractivity contribution in [2.45, 2.75) is 31.4 Å². The van der Waals surface area contributed by atoms with Crippen LogP contribution in [0.5, 0.6) is 0 Å². The maximum Gasteiger partial charge on any atom is 0.0261 e. The fourth-order valence-electron chi connectivity index (χ4n) is 1.13. The summed E-state index contributed by atoms with van der Waals surface area (Å²) < 4.78 is 0. The molecule has 1 heteroatoms. The second-order valence-corrected chi connectivity index (χ2v) is 4.11. The van der Waals surface area contributed by atoms with Crippen LogP contribution in [0.1, 0.15) is 26.2 Å². The Kier molecular flexibility index (Phi) is 8.32. The minimum absolute atomic E-state index is 0.601. The maximum absolute atomic E-state index is 3.81. The Labute approximate surface area is 87.5 Å². The Morgan fingerprint density at radius 3 is 2.54 bits per heavy atom. The Bertz CT molecular complexity index is 168. The molecule has 0 rings (SSSR count). The number of hydrogen-bond donors (Lipinski definition) is 0. The van der Waals surface area contributed by atoms with E-state index in [1.807, 2.05) is 11.8 Å². The first kappa shape index (κ1) is 12.8. The van der Waals surface area contributed by atoms with Crippen molar-refractivity contribution in [1.29, 1.82) is 0 Å². The Balaban J connectivity index is 3.97. The van der Waals surface area contributed by atoms with Crippen molar-refractivity contribution in [3.8, 4) is 0 Å². The minimum atomic E-state index is 0.601. The SMILES string of the molecule is [CH2]C/C=C/C(C/C(C)=C/C[CH2])SC. The quantitative estimate of drug-likeness (QED) is 0.577. The summed E-state index contributed by atoms with van der Waals surface area (Å²) in [7, 11) is 0. The molecule has 0 N–H and O–H groups in total. The molecule has 0 spiro atoms. The lowest BCUT2D eigenvalue weighted by Gasteiger charge is -2.09. The third kappa shape index (κ3) is 6.94. The summed E-state index contributed by atoms with van der Waals surface area (Å²) in [6, 6.07) is 0. The molecule has 13 heavy (non-hydrogen) atoms. The molecule has 0 fully saturated rings. The second-order valence-electron chi connectivity index (χ2n) is 3.03. The van der Waals surface area contributed by atoms with Gasteiger partial charge in [-0.1, -0.05) is 23.8 Å². The molecule has 0 aliphatic rings. The molecular weight excluding hydrogens is 176 g/mol. The predicted octanol–water partition coefficient (Wildman–Crippen LogP) is 4.06. The number of hydrogen-bond acceptors (Lipinski definition) is 1. The van der Waals surface area contributed by atoms with Crippen LogP contribution in [0, 0.1) is 13.8 Å². The zero-order valence-corrected chi connectivity index (χ0v) is 9.57. The summed E-state index contributed by atoms with van der Waals surface area (Å²) in [5.41, 5.74) is 1.43. The third-order valence-corrected chi connectivity index (χ3v) is 2.77. The summed E-state index contributed by atoms with van der Waals surface area (Å²) in [6.07, 6.45) is 11.6. The fourth-order valence-corrected chi connectivity index (χ4v) is 1.82. The van der Waals surface area contributed by atoms with Crippen molar-refractivity contribution in [2.24, 2.45) is 0 Å². The molecule has 0 saturated carbocycles. The summed E-state index contributed by atoms with van der Waals surface area (Å²) in [4.78, 5) is 0. The number of thioether (sulfide) groups is 1. The first-order valence-corrected chi connectivity index (χ1v) is 5.97. The van der Waals surface area contributed by atoms with Gasteiger partial charge in [0.05, 0.1) is 0 Å². The molecule has 0 aliphatic carbocycles. The van der Waals surface area contributed by atoms with Gasteiger partial charge < -0.3 is 0 Å². The van der Waals surface area contributed by atoms with Crippen LogP contribution < -0.4 is 0 Å². The van der Waals surface area contributed by atoms with Gasteiger partial charge >= 0.3 is 0 Å². The Morgan fingerprint density at radius 1 is 1.38 bits per heavy atom. The van der Waals surface area contributed by atoms with Crippen LogP contribution in [0.2, 0.25) is 0 Å². The van der Waals surface area contributed by atoms with Gasteiger partial charge in [-0.05, 0) is 46.3 Å². The molecule has 0 amide bonds. The zero-order chi connectivity index (χ0) is 10.1. The van der Waals surface area contributed by atoms with E-state index in [0.29, 0.717) is 5.25 Å². The van der Waals surface area contributed by atoms with Crippen LogP contribution in [0.4, 0.5) is 0 Å². The lowest BCUT2D eigenvalue weighted by Crippen LogP contribution is -1.97. The van der Waals surface area contributed by atoms with Gasteiger partial charge in [-0.25, -0.2) is 0 Å². The van der Waals surface area contributed by atoms with Gasteiger partial charge in [0.25, 0.3) is 0 Å². The standard InChI is InChI=1S/C12H20S/c1-5-7-9-12(13-4)10-11(3)8-6-2/h7-9,12H,1-2,5-6,10H2,3-4H3/b9-7+,11-8+. The minimum Gasteiger partial charge on any atom is -0.158 e. The molecular formula is C12H20S. The van der Waals surface area contributed by atoms with E-state index in [4.69, 9.17) is 0 Å². The predicted molar refractivity (Wildman–Crippen MR) is 64.8 cm³/mol. The van der Waals surface area contributed by atoms with E-state index < -0.39 is 0 Å². The van der Waals surface area contributed by atoms with E-state index in [1.165, 1.54) is 5.57 Å². The molecule has 0 heterocycles. The highest BCUT2D eigenvalue weighted by Crippen LogP contribution is 2.18. The van der Waals surface area contributed by atoms with Crippen molar-refractivity contribution < 1.29 is 0 Å². The van der Waals surface area contributed by atoms with E-state index >= 15 is 0 Å². The largest absolute Gasteiger partial charge is 0.158 e. The highest BCUT2D eigenvalue weighted by molar-refractivity contribution is 7.99. The average Bonchev–Trinajstić information content (AvgIpc) is 2.12. The van der Waals surface area contributed by atoms with E-state index in [0.717, 1.165) is 19.3 Å².